The van der Waals surface area contributed by atoms with Gasteiger partial charge >= 0.3 is 0 Å². The summed E-state index contributed by atoms with van der Waals surface area (Å²) < 4.78 is 0. The molecule has 1 saturated heterocycles. The highest BCUT2D eigenvalue weighted by molar-refractivity contribution is 5.18. The summed E-state index contributed by atoms with van der Waals surface area (Å²) in [6, 6.07) is 2.24. The highest BCUT2D eigenvalue weighted by Crippen LogP contribution is 2.52. The lowest BCUT2D eigenvalue weighted by molar-refractivity contribution is 0.308. The van der Waals surface area contributed by atoms with Crippen molar-refractivity contribution in [3.05, 3.63) is 23.3 Å². The largest absolute Gasteiger partial charge is 0.297 e. The Morgan fingerprint density at radius 2 is 2.05 bits per heavy atom. The highest BCUT2D eigenvalue weighted by Gasteiger charge is 2.47. The van der Waals surface area contributed by atoms with Crippen LogP contribution in [-0.4, -0.2) is 28.0 Å². The predicted molar refractivity (Wildman–Crippen MR) is 79.7 cm³/mol. The molecule has 20 heavy (non-hydrogen) atoms. The molecule has 2 saturated carbocycles. The summed E-state index contributed by atoms with van der Waals surface area (Å²) in [6.07, 6.45) is 6.89. The first-order valence-corrected chi connectivity index (χ1v) is 8.24. The maximum atomic E-state index is 4.86. The van der Waals surface area contributed by atoms with Crippen LogP contribution in [0.1, 0.15) is 75.0 Å². The number of nitrogens with zero attached hydrogens (tertiary/aromatic N) is 3. The van der Waals surface area contributed by atoms with E-state index in [-0.39, 0.29) is 0 Å². The van der Waals surface area contributed by atoms with Gasteiger partial charge in [-0.15, -0.1) is 0 Å². The van der Waals surface area contributed by atoms with Gasteiger partial charge < -0.3 is 0 Å². The number of likely N-dealkylation sites (tertiary alicyclic amines) is 1. The molecule has 0 radical (unpaired) electrons. The van der Waals surface area contributed by atoms with Crippen LogP contribution in [0.5, 0.6) is 0 Å². The van der Waals surface area contributed by atoms with Crippen LogP contribution in [-0.2, 0) is 6.54 Å². The third-order valence-corrected chi connectivity index (χ3v) is 5.21. The van der Waals surface area contributed by atoms with Crippen molar-refractivity contribution in [3.8, 4) is 0 Å². The fraction of sp³-hybridized carbons (Fsp3) is 0.765. The van der Waals surface area contributed by atoms with E-state index in [4.69, 9.17) is 9.97 Å². The molecule has 3 heteroatoms. The van der Waals surface area contributed by atoms with Gasteiger partial charge in [-0.1, -0.05) is 13.8 Å². The molecule has 0 aromatic carbocycles. The SMILES string of the molecule is CC(C)c1cc(CN2CCC3(CC3)C2)nc(C2CC2)n1. The van der Waals surface area contributed by atoms with Gasteiger partial charge in [-0.2, -0.15) is 0 Å². The van der Waals surface area contributed by atoms with Gasteiger partial charge in [-0.05, 0) is 56.0 Å². The van der Waals surface area contributed by atoms with E-state index in [2.05, 4.69) is 24.8 Å². The molecule has 3 nitrogen and oxygen atoms in total. The Bertz CT molecular complexity index is 495. The molecule has 2 aliphatic carbocycles. The third-order valence-electron chi connectivity index (χ3n) is 5.21. The Labute approximate surface area is 121 Å². The van der Waals surface area contributed by atoms with Crippen LogP contribution in [0.4, 0.5) is 0 Å². The van der Waals surface area contributed by atoms with Crippen LogP contribution in [0.15, 0.2) is 6.07 Å². The number of hydrogen-bond acceptors (Lipinski definition) is 3. The second-order valence-electron chi connectivity index (χ2n) is 7.53. The number of rotatable bonds is 4. The average molecular weight is 271 g/mol. The van der Waals surface area contributed by atoms with Crippen molar-refractivity contribution in [2.45, 2.75) is 64.3 Å². The van der Waals surface area contributed by atoms with Crippen molar-refractivity contribution in [2.75, 3.05) is 13.1 Å². The van der Waals surface area contributed by atoms with Gasteiger partial charge in [-0.3, -0.25) is 4.90 Å². The normalized spacial score (nSPS) is 24.8. The van der Waals surface area contributed by atoms with E-state index in [0.29, 0.717) is 17.3 Å². The van der Waals surface area contributed by atoms with Crippen molar-refractivity contribution in [3.63, 3.8) is 0 Å². The molecule has 1 aliphatic heterocycles. The van der Waals surface area contributed by atoms with Crippen LogP contribution in [0.2, 0.25) is 0 Å². The maximum absolute atomic E-state index is 4.86. The summed E-state index contributed by atoms with van der Waals surface area (Å²) in [4.78, 5) is 12.2. The fourth-order valence-electron chi connectivity index (χ4n) is 3.42. The van der Waals surface area contributed by atoms with Crippen LogP contribution >= 0.6 is 0 Å². The van der Waals surface area contributed by atoms with Gasteiger partial charge in [0.05, 0.1) is 5.69 Å². The standard InChI is InChI=1S/C17H25N3/c1-12(2)15-9-14(18-16(19-15)13-3-4-13)10-20-8-7-17(11-20)5-6-17/h9,12-13H,3-8,10-11H2,1-2H3. The Morgan fingerprint density at radius 1 is 1.25 bits per heavy atom. The molecule has 3 fully saturated rings. The minimum absolute atomic E-state index is 0.502. The van der Waals surface area contributed by atoms with E-state index in [9.17, 15) is 0 Å². The molecule has 1 aromatic rings. The van der Waals surface area contributed by atoms with Crippen molar-refractivity contribution in [1.82, 2.24) is 14.9 Å². The monoisotopic (exact) mass is 271 g/mol. The quantitative estimate of drug-likeness (QED) is 0.839. The first kappa shape index (κ1) is 12.8. The fourth-order valence-corrected chi connectivity index (χ4v) is 3.42. The Balaban J connectivity index is 1.53. The van der Waals surface area contributed by atoms with E-state index in [1.165, 1.54) is 56.6 Å². The van der Waals surface area contributed by atoms with E-state index in [1.807, 2.05) is 0 Å². The van der Waals surface area contributed by atoms with Gasteiger partial charge in [0.25, 0.3) is 0 Å². The molecule has 0 N–H and O–H groups in total. The maximum Gasteiger partial charge on any atom is 0.132 e. The lowest BCUT2D eigenvalue weighted by Gasteiger charge is -2.17. The Kier molecular flexibility index (Phi) is 2.88. The second-order valence-corrected chi connectivity index (χ2v) is 7.53. The van der Waals surface area contributed by atoms with Crippen molar-refractivity contribution >= 4 is 0 Å². The van der Waals surface area contributed by atoms with E-state index < -0.39 is 0 Å². The summed E-state index contributed by atoms with van der Waals surface area (Å²) >= 11 is 0. The lowest BCUT2D eigenvalue weighted by atomic mass is 10.1. The summed E-state index contributed by atoms with van der Waals surface area (Å²) in [7, 11) is 0. The average Bonchev–Trinajstić information content (AvgIpc) is 3.30. The lowest BCUT2D eigenvalue weighted by Crippen LogP contribution is -2.22. The van der Waals surface area contributed by atoms with Gasteiger partial charge in [0.15, 0.2) is 0 Å². The topological polar surface area (TPSA) is 29.0 Å². The third kappa shape index (κ3) is 2.48. The van der Waals surface area contributed by atoms with Crippen LogP contribution in [0, 0.1) is 5.41 Å². The molecule has 0 unspecified atom stereocenters. The van der Waals surface area contributed by atoms with Crippen LogP contribution in [0.25, 0.3) is 0 Å². The van der Waals surface area contributed by atoms with E-state index in [0.717, 1.165) is 12.4 Å². The molecule has 0 amide bonds. The zero-order valence-corrected chi connectivity index (χ0v) is 12.7. The zero-order chi connectivity index (χ0) is 13.7. The predicted octanol–water partition coefficient (Wildman–Crippen LogP) is 3.46. The van der Waals surface area contributed by atoms with Gasteiger partial charge in [-0.25, -0.2) is 9.97 Å². The minimum Gasteiger partial charge on any atom is -0.297 e. The van der Waals surface area contributed by atoms with E-state index >= 15 is 0 Å². The summed E-state index contributed by atoms with van der Waals surface area (Å²) in [6.45, 7) is 8.06. The smallest absolute Gasteiger partial charge is 0.132 e. The van der Waals surface area contributed by atoms with Crippen molar-refractivity contribution < 1.29 is 0 Å². The van der Waals surface area contributed by atoms with Crippen molar-refractivity contribution in [2.24, 2.45) is 5.41 Å². The Hall–Kier alpha value is -0.960. The molecule has 4 rings (SSSR count). The van der Waals surface area contributed by atoms with Crippen LogP contribution < -0.4 is 0 Å². The van der Waals surface area contributed by atoms with Crippen LogP contribution in [0.3, 0.4) is 0 Å². The first-order valence-electron chi connectivity index (χ1n) is 8.24. The van der Waals surface area contributed by atoms with E-state index in [1.54, 1.807) is 0 Å². The number of aromatic nitrogens is 2. The minimum atomic E-state index is 0.502. The molecule has 0 bridgehead atoms. The van der Waals surface area contributed by atoms with Crippen molar-refractivity contribution in [1.29, 1.82) is 0 Å². The van der Waals surface area contributed by atoms with Gasteiger partial charge in [0.1, 0.15) is 5.82 Å². The zero-order valence-electron chi connectivity index (χ0n) is 12.7. The molecular formula is C17H25N3. The molecule has 2 heterocycles. The number of hydrogen-bond donors (Lipinski definition) is 0. The Morgan fingerprint density at radius 3 is 2.65 bits per heavy atom. The molecule has 1 spiro atoms. The van der Waals surface area contributed by atoms with Gasteiger partial charge in [0, 0.05) is 24.7 Å². The highest BCUT2D eigenvalue weighted by atomic mass is 15.2. The summed E-state index contributed by atoms with van der Waals surface area (Å²) in [5.41, 5.74) is 3.20. The summed E-state index contributed by atoms with van der Waals surface area (Å²) in [5.74, 6) is 2.27. The molecule has 3 aliphatic rings. The summed E-state index contributed by atoms with van der Waals surface area (Å²) in [5, 5.41) is 0. The molecule has 108 valence electrons. The van der Waals surface area contributed by atoms with Gasteiger partial charge in [0.2, 0.25) is 0 Å². The molecule has 0 atom stereocenters. The first-order chi connectivity index (χ1) is 9.63. The molecule has 1 aromatic heterocycles. The second kappa shape index (κ2) is 4.52. The molecular weight excluding hydrogens is 246 g/mol.